The highest BCUT2D eigenvalue weighted by molar-refractivity contribution is 5.94. The molecule has 1 aromatic heterocycles. The maximum atomic E-state index is 5.96. The number of nitrogen functional groups attached to an aromatic ring is 1. The van der Waals surface area contributed by atoms with Crippen LogP contribution in [-0.4, -0.2) is 11.6 Å². The molecule has 1 heterocycles. The summed E-state index contributed by atoms with van der Waals surface area (Å²) in [5.41, 5.74) is 9.26. The van der Waals surface area contributed by atoms with Gasteiger partial charge in [-0.15, -0.1) is 0 Å². The molecule has 0 aliphatic rings. The van der Waals surface area contributed by atoms with Gasteiger partial charge < -0.3 is 15.6 Å². The summed E-state index contributed by atoms with van der Waals surface area (Å²) in [6.45, 7) is 0.853. The van der Waals surface area contributed by atoms with Crippen molar-refractivity contribution in [2.75, 3.05) is 12.8 Å². The van der Waals surface area contributed by atoms with Gasteiger partial charge in [0.2, 0.25) is 0 Å². The van der Waals surface area contributed by atoms with Crippen LogP contribution in [0.15, 0.2) is 24.4 Å². The predicted molar refractivity (Wildman–Crippen MR) is 60.1 cm³/mol. The highest BCUT2D eigenvalue weighted by atomic mass is 14.9. The monoisotopic (exact) mass is 189 g/mol. The van der Waals surface area contributed by atoms with Gasteiger partial charge in [0.1, 0.15) is 0 Å². The van der Waals surface area contributed by atoms with Crippen molar-refractivity contribution >= 4 is 16.6 Å². The minimum Gasteiger partial charge on any atom is -0.398 e. The highest BCUT2D eigenvalue weighted by Gasteiger charge is 2.07. The largest absolute Gasteiger partial charge is 0.398 e. The number of fused-ring (bicyclic) bond motifs is 1. The number of nitrogens with one attached hydrogen (secondary N) is 1. The molecular formula is C11H15N3. The van der Waals surface area contributed by atoms with Crippen LogP contribution in [-0.2, 0) is 13.6 Å². The number of benzene rings is 1. The molecule has 0 unspecified atom stereocenters. The first-order chi connectivity index (χ1) is 6.74. The first-order valence-electron chi connectivity index (χ1n) is 4.71. The molecule has 0 bridgehead atoms. The minimum atomic E-state index is 0.853. The molecule has 2 rings (SSSR count). The Morgan fingerprint density at radius 3 is 2.93 bits per heavy atom. The van der Waals surface area contributed by atoms with Gasteiger partial charge in [0, 0.05) is 30.9 Å². The van der Waals surface area contributed by atoms with Crippen molar-refractivity contribution in [2.24, 2.45) is 7.05 Å². The molecule has 1 aromatic carbocycles. The number of anilines is 1. The van der Waals surface area contributed by atoms with Crippen LogP contribution >= 0.6 is 0 Å². The van der Waals surface area contributed by atoms with E-state index in [1.807, 2.05) is 26.2 Å². The lowest BCUT2D eigenvalue weighted by Gasteiger charge is -2.00. The summed E-state index contributed by atoms with van der Waals surface area (Å²) in [6, 6.07) is 6.02. The smallest absolute Gasteiger partial charge is 0.0501 e. The molecule has 0 amide bonds. The van der Waals surface area contributed by atoms with Crippen LogP contribution in [0.5, 0.6) is 0 Å². The van der Waals surface area contributed by atoms with Crippen LogP contribution in [0.3, 0.4) is 0 Å². The van der Waals surface area contributed by atoms with E-state index in [1.165, 1.54) is 16.5 Å². The van der Waals surface area contributed by atoms with Crippen molar-refractivity contribution in [2.45, 2.75) is 6.54 Å². The van der Waals surface area contributed by atoms with Crippen LogP contribution in [0.2, 0.25) is 0 Å². The standard InChI is InChI=1S/C11H15N3/c1-13-6-8-7-14(2)10-5-3-4-9(12)11(8)10/h3-5,7,13H,6,12H2,1-2H3. The molecule has 74 valence electrons. The third kappa shape index (κ3) is 1.26. The fourth-order valence-electron chi connectivity index (χ4n) is 1.89. The highest BCUT2D eigenvalue weighted by Crippen LogP contribution is 2.25. The Hall–Kier alpha value is -1.48. The number of hydrogen-bond acceptors (Lipinski definition) is 2. The molecule has 0 radical (unpaired) electrons. The van der Waals surface area contributed by atoms with Gasteiger partial charge in [0.15, 0.2) is 0 Å². The molecule has 0 fully saturated rings. The first kappa shape index (κ1) is 9.09. The van der Waals surface area contributed by atoms with Crippen molar-refractivity contribution in [3.8, 4) is 0 Å². The van der Waals surface area contributed by atoms with E-state index in [-0.39, 0.29) is 0 Å². The van der Waals surface area contributed by atoms with Gasteiger partial charge in [-0.1, -0.05) is 6.07 Å². The Balaban J connectivity index is 2.72. The molecule has 0 saturated heterocycles. The van der Waals surface area contributed by atoms with Crippen molar-refractivity contribution in [3.05, 3.63) is 30.0 Å². The Morgan fingerprint density at radius 2 is 2.21 bits per heavy atom. The van der Waals surface area contributed by atoms with E-state index in [2.05, 4.69) is 22.1 Å². The lowest BCUT2D eigenvalue weighted by Crippen LogP contribution is -2.04. The van der Waals surface area contributed by atoms with Gasteiger partial charge in [-0.2, -0.15) is 0 Å². The molecule has 3 N–H and O–H groups in total. The average Bonchev–Trinajstić information content (AvgIpc) is 2.46. The number of aryl methyl sites for hydroxylation is 1. The quantitative estimate of drug-likeness (QED) is 0.703. The van der Waals surface area contributed by atoms with Crippen molar-refractivity contribution < 1.29 is 0 Å². The fraction of sp³-hybridized carbons (Fsp3) is 0.273. The van der Waals surface area contributed by atoms with Crippen LogP contribution in [0.1, 0.15) is 5.56 Å². The summed E-state index contributed by atoms with van der Waals surface area (Å²) in [5.74, 6) is 0. The molecule has 0 spiro atoms. The summed E-state index contributed by atoms with van der Waals surface area (Å²) in [6.07, 6.45) is 2.12. The van der Waals surface area contributed by atoms with Gasteiger partial charge >= 0.3 is 0 Å². The number of nitrogens with zero attached hydrogens (tertiary/aromatic N) is 1. The molecular weight excluding hydrogens is 174 g/mol. The number of hydrogen-bond donors (Lipinski definition) is 2. The zero-order valence-corrected chi connectivity index (χ0v) is 8.54. The Kier molecular flexibility index (Phi) is 2.17. The van der Waals surface area contributed by atoms with E-state index < -0.39 is 0 Å². The van der Waals surface area contributed by atoms with E-state index in [1.54, 1.807) is 0 Å². The zero-order valence-electron chi connectivity index (χ0n) is 8.54. The molecule has 0 atom stereocenters. The summed E-state index contributed by atoms with van der Waals surface area (Å²) in [4.78, 5) is 0. The van der Waals surface area contributed by atoms with E-state index in [9.17, 15) is 0 Å². The second-order valence-electron chi connectivity index (χ2n) is 3.54. The lowest BCUT2D eigenvalue weighted by molar-refractivity contribution is 0.816. The minimum absolute atomic E-state index is 0.853. The molecule has 0 aliphatic heterocycles. The van der Waals surface area contributed by atoms with Crippen LogP contribution in [0.25, 0.3) is 10.9 Å². The maximum Gasteiger partial charge on any atom is 0.0501 e. The van der Waals surface area contributed by atoms with E-state index in [4.69, 9.17) is 5.73 Å². The molecule has 3 nitrogen and oxygen atoms in total. The molecule has 2 aromatic rings. The number of nitrogens with two attached hydrogens (primary N) is 1. The normalized spacial score (nSPS) is 11.0. The van der Waals surface area contributed by atoms with Crippen molar-refractivity contribution in [1.82, 2.24) is 9.88 Å². The van der Waals surface area contributed by atoms with Crippen molar-refractivity contribution in [3.63, 3.8) is 0 Å². The topological polar surface area (TPSA) is 43.0 Å². The second kappa shape index (κ2) is 3.35. The number of rotatable bonds is 2. The fourth-order valence-corrected chi connectivity index (χ4v) is 1.89. The van der Waals surface area contributed by atoms with Gasteiger partial charge in [-0.3, -0.25) is 0 Å². The lowest BCUT2D eigenvalue weighted by atomic mass is 10.1. The summed E-state index contributed by atoms with van der Waals surface area (Å²) >= 11 is 0. The zero-order chi connectivity index (χ0) is 10.1. The van der Waals surface area contributed by atoms with Gasteiger partial charge in [0.25, 0.3) is 0 Å². The third-order valence-corrected chi connectivity index (χ3v) is 2.49. The summed E-state index contributed by atoms with van der Waals surface area (Å²) in [7, 11) is 3.99. The van der Waals surface area contributed by atoms with Crippen molar-refractivity contribution in [1.29, 1.82) is 0 Å². The first-order valence-corrected chi connectivity index (χ1v) is 4.71. The third-order valence-electron chi connectivity index (χ3n) is 2.49. The van der Waals surface area contributed by atoms with E-state index >= 15 is 0 Å². The van der Waals surface area contributed by atoms with E-state index in [0.29, 0.717) is 0 Å². The number of aromatic nitrogens is 1. The van der Waals surface area contributed by atoms with Crippen LogP contribution in [0, 0.1) is 0 Å². The SMILES string of the molecule is CNCc1cn(C)c2cccc(N)c12. The van der Waals surface area contributed by atoms with Crippen LogP contribution in [0.4, 0.5) is 5.69 Å². The molecule has 0 saturated carbocycles. The maximum absolute atomic E-state index is 5.96. The van der Waals surface area contributed by atoms with Gasteiger partial charge in [-0.25, -0.2) is 0 Å². The Bertz CT molecular complexity index is 457. The average molecular weight is 189 g/mol. The predicted octanol–water partition coefficient (Wildman–Crippen LogP) is 1.48. The summed E-state index contributed by atoms with van der Waals surface area (Å²) in [5, 5.41) is 4.32. The summed E-state index contributed by atoms with van der Waals surface area (Å²) < 4.78 is 2.11. The van der Waals surface area contributed by atoms with Gasteiger partial charge in [-0.05, 0) is 24.7 Å². The van der Waals surface area contributed by atoms with E-state index in [0.717, 1.165) is 12.2 Å². The second-order valence-corrected chi connectivity index (χ2v) is 3.54. The van der Waals surface area contributed by atoms with Gasteiger partial charge in [0.05, 0.1) is 5.52 Å². The molecule has 0 aliphatic carbocycles. The Morgan fingerprint density at radius 1 is 1.43 bits per heavy atom. The Labute approximate surface area is 83.5 Å². The van der Waals surface area contributed by atoms with Crippen LogP contribution < -0.4 is 11.1 Å². The molecule has 14 heavy (non-hydrogen) atoms. The molecule has 3 heteroatoms.